The van der Waals surface area contributed by atoms with E-state index in [0.29, 0.717) is 16.9 Å². The molecule has 10 heteroatoms. The number of nitrogens with one attached hydrogen (secondary N) is 2. The van der Waals surface area contributed by atoms with E-state index in [4.69, 9.17) is 0 Å². The second kappa shape index (κ2) is 7.30. The van der Waals surface area contributed by atoms with Gasteiger partial charge in [0.25, 0.3) is 15.9 Å². The molecule has 0 saturated heterocycles. The fourth-order valence-electron chi connectivity index (χ4n) is 2.88. The lowest BCUT2D eigenvalue weighted by molar-refractivity contribution is 0.101. The molecule has 4 rings (SSSR count). The maximum Gasteiger partial charge on any atom is 0.272 e. The van der Waals surface area contributed by atoms with Crippen molar-refractivity contribution in [3.05, 3.63) is 71.6 Å². The molecule has 0 fully saturated rings. The lowest BCUT2D eigenvalue weighted by atomic mass is 10.2. The number of hydrogen-bond donors (Lipinski definition) is 2. The molecule has 0 unspecified atom stereocenters. The number of aryl methyl sites for hydroxylation is 1. The van der Waals surface area contributed by atoms with Crippen molar-refractivity contribution in [3.8, 4) is 0 Å². The van der Waals surface area contributed by atoms with Gasteiger partial charge in [-0.2, -0.15) is 0 Å². The van der Waals surface area contributed by atoms with Gasteiger partial charge in [0.2, 0.25) is 0 Å². The minimum absolute atomic E-state index is 0.0470. The zero-order valence-corrected chi connectivity index (χ0v) is 16.7. The molecule has 7 nitrogen and oxygen atoms in total. The van der Waals surface area contributed by atoms with E-state index in [1.165, 1.54) is 53.9 Å². The van der Waals surface area contributed by atoms with E-state index in [1.54, 1.807) is 29.1 Å². The molecule has 148 valence electrons. The highest BCUT2D eigenvalue weighted by atomic mass is 32.2. The molecular weight excluding hydrogens is 415 g/mol. The predicted molar refractivity (Wildman–Crippen MR) is 110 cm³/mol. The van der Waals surface area contributed by atoms with Gasteiger partial charge in [-0.25, -0.2) is 17.8 Å². The molecule has 0 atom stereocenters. The molecule has 0 bridgehead atoms. The van der Waals surface area contributed by atoms with Crippen molar-refractivity contribution in [2.75, 3.05) is 10.0 Å². The molecule has 29 heavy (non-hydrogen) atoms. The van der Waals surface area contributed by atoms with Gasteiger partial charge in [0.05, 0.1) is 10.4 Å². The van der Waals surface area contributed by atoms with E-state index in [9.17, 15) is 17.6 Å². The van der Waals surface area contributed by atoms with E-state index in [0.717, 1.165) is 5.39 Å². The number of aromatic nitrogens is 2. The van der Waals surface area contributed by atoms with Crippen LogP contribution in [-0.4, -0.2) is 23.9 Å². The van der Waals surface area contributed by atoms with Crippen molar-refractivity contribution < 1.29 is 17.6 Å². The van der Waals surface area contributed by atoms with Crippen LogP contribution < -0.4 is 10.0 Å². The first-order valence-electron chi connectivity index (χ1n) is 8.42. The number of thiazole rings is 1. The first-order valence-corrected chi connectivity index (χ1v) is 10.8. The molecule has 0 radical (unpaired) electrons. The Kier molecular flexibility index (Phi) is 4.81. The number of carbonyl (C=O) groups is 1. The zero-order chi connectivity index (χ0) is 20.6. The molecule has 2 aromatic heterocycles. The van der Waals surface area contributed by atoms with Crippen molar-refractivity contribution >= 4 is 49.0 Å². The first kappa shape index (κ1) is 19.1. The second-order valence-electron chi connectivity index (χ2n) is 6.21. The number of anilines is 2. The lowest BCUT2D eigenvalue weighted by Crippen LogP contribution is -2.16. The van der Waals surface area contributed by atoms with E-state index in [-0.39, 0.29) is 21.8 Å². The fourth-order valence-corrected chi connectivity index (χ4v) is 4.67. The summed E-state index contributed by atoms with van der Waals surface area (Å²) in [6.45, 7) is 0. The summed E-state index contributed by atoms with van der Waals surface area (Å²) < 4.78 is 42.2. The lowest BCUT2D eigenvalue weighted by Gasteiger charge is -2.09. The molecule has 2 aromatic carbocycles. The monoisotopic (exact) mass is 430 g/mol. The highest BCUT2D eigenvalue weighted by Gasteiger charge is 2.17. The van der Waals surface area contributed by atoms with E-state index < -0.39 is 10.0 Å². The summed E-state index contributed by atoms with van der Waals surface area (Å²) >= 11 is 1.17. The highest BCUT2D eigenvalue weighted by molar-refractivity contribution is 7.93. The van der Waals surface area contributed by atoms with Gasteiger partial charge in [0.15, 0.2) is 5.13 Å². The molecule has 2 N–H and O–H groups in total. The van der Waals surface area contributed by atoms with Crippen molar-refractivity contribution in [2.24, 2.45) is 7.05 Å². The third-order valence-electron chi connectivity index (χ3n) is 4.32. The molecule has 0 aliphatic rings. The molecular formula is C19H15FN4O3S2. The fraction of sp³-hybridized carbons (Fsp3) is 0.0526. The van der Waals surface area contributed by atoms with Crippen LogP contribution >= 0.6 is 11.3 Å². The van der Waals surface area contributed by atoms with E-state index in [2.05, 4.69) is 15.0 Å². The van der Waals surface area contributed by atoms with Crippen molar-refractivity contribution in [1.29, 1.82) is 0 Å². The Balaban J connectivity index is 1.53. The number of nitrogens with zero attached hydrogens (tertiary/aromatic N) is 2. The standard InChI is InChI=1S/C19H15FN4O3S2/c1-24-16-11-13(20)3-2-12(16)10-17(24)18(25)22-14-4-6-15(7-5-14)29(26,27)23-19-21-8-9-28-19/h2-11H,1H3,(H,21,23)(H,22,25). The van der Waals surface area contributed by atoms with Crippen LogP contribution in [0.2, 0.25) is 0 Å². The summed E-state index contributed by atoms with van der Waals surface area (Å²) in [6, 6.07) is 11.7. The van der Waals surface area contributed by atoms with Gasteiger partial charge in [-0.1, -0.05) is 0 Å². The van der Waals surface area contributed by atoms with Crippen LogP contribution in [0.5, 0.6) is 0 Å². The predicted octanol–water partition coefficient (Wildman–Crippen LogP) is 3.83. The van der Waals surface area contributed by atoms with Gasteiger partial charge in [0.1, 0.15) is 11.5 Å². The maximum atomic E-state index is 13.5. The first-order chi connectivity index (χ1) is 13.8. The summed E-state index contributed by atoms with van der Waals surface area (Å²) in [4.78, 5) is 16.6. The number of hydrogen-bond acceptors (Lipinski definition) is 5. The number of amides is 1. The van der Waals surface area contributed by atoms with Gasteiger partial charge in [-0.05, 0) is 48.5 Å². The van der Waals surface area contributed by atoms with Crippen LogP contribution in [0.4, 0.5) is 15.2 Å². The SMILES string of the molecule is Cn1c(C(=O)Nc2ccc(S(=O)(=O)Nc3nccs3)cc2)cc2ccc(F)cc21. The molecule has 0 spiro atoms. The minimum Gasteiger partial charge on any atom is -0.340 e. The summed E-state index contributed by atoms with van der Waals surface area (Å²) in [5.41, 5.74) is 1.39. The molecule has 0 saturated carbocycles. The van der Waals surface area contributed by atoms with Crippen molar-refractivity contribution in [1.82, 2.24) is 9.55 Å². The van der Waals surface area contributed by atoms with E-state index >= 15 is 0 Å². The van der Waals surface area contributed by atoms with E-state index in [1.807, 2.05) is 0 Å². The van der Waals surface area contributed by atoms with Crippen molar-refractivity contribution in [3.63, 3.8) is 0 Å². The topological polar surface area (TPSA) is 93.1 Å². The third kappa shape index (κ3) is 3.84. The second-order valence-corrected chi connectivity index (χ2v) is 8.79. The Morgan fingerprint density at radius 2 is 1.90 bits per heavy atom. The summed E-state index contributed by atoms with van der Waals surface area (Å²) in [6.07, 6.45) is 1.50. The minimum atomic E-state index is -3.76. The van der Waals surface area contributed by atoms with Gasteiger partial charge in [0, 0.05) is 29.7 Å². The normalized spacial score (nSPS) is 11.5. The summed E-state index contributed by atoms with van der Waals surface area (Å²) in [5.74, 6) is -0.769. The smallest absolute Gasteiger partial charge is 0.272 e. The average Bonchev–Trinajstić information content (AvgIpc) is 3.30. The Labute approximate surface area is 169 Å². The van der Waals surface area contributed by atoms with Gasteiger partial charge in [-0.15, -0.1) is 11.3 Å². The number of rotatable bonds is 5. The molecule has 1 amide bonds. The Bertz CT molecular complexity index is 1300. The number of carbonyl (C=O) groups excluding carboxylic acids is 1. The summed E-state index contributed by atoms with van der Waals surface area (Å²) in [7, 11) is -2.09. The molecule has 0 aliphatic heterocycles. The molecule has 0 aliphatic carbocycles. The maximum absolute atomic E-state index is 13.5. The Morgan fingerprint density at radius 1 is 1.14 bits per heavy atom. The van der Waals surface area contributed by atoms with Gasteiger partial charge >= 0.3 is 0 Å². The quantitative estimate of drug-likeness (QED) is 0.503. The van der Waals surface area contributed by atoms with Crippen LogP contribution in [-0.2, 0) is 17.1 Å². The van der Waals surface area contributed by atoms with Crippen LogP contribution in [0.15, 0.2) is 65.0 Å². The van der Waals surface area contributed by atoms with Crippen molar-refractivity contribution in [2.45, 2.75) is 4.90 Å². The number of sulfonamides is 1. The van der Waals surface area contributed by atoms with Crippen LogP contribution in [0.25, 0.3) is 10.9 Å². The molecule has 2 heterocycles. The highest BCUT2D eigenvalue weighted by Crippen LogP contribution is 2.22. The Hall–Kier alpha value is -3.24. The van der Waals surface area contributed by atoms with Crippen LogP contribution in [0.1, 0.15) is 10.5 Å². The van der Waals surface area contributed by atoms with Gasteiger partial charge < -0.3 is 9.88 Å². The zero-order valence-electron chi connectivity index (χ0n) is 15.1. The number of benzene rings is 2. The average molecular weight is 430 g/mol. The van der Waals surface area contributed by atoms with Crippen LogP contribution in [0, 0.1) is 5.82 Å². The van der Waals surface area contributed by atoms with Gasteiger partial charge in [-0.3, -0.25) is 9.52 Å². The third-order valence-corrected chi connectivity index (χ3v) is 6.49. The summed E-state index contributed by atoms with van der Waals surface area (Å²) in [5, 5.41) is 5.40. The largest absolute Gasteiger partial charge is 0.340 e. The molecule has 4 aromatic rings. The Morgan fingerprint density at radius 3 is 2.59 bits per heavy atom. The number of halogens is 1. The van der Waals surface area contributed by atoms with Crippen LogP contribution in [0.3, 0.4) is 0 Å². The number of fused-ring (bicyclic) bond motifs is 1.